The second-order valence-corrected chi connectivity index (χ2v) is 21.3. The van der Waals surface area contributed by atoms with Crippen LogP contribution in [0.3, 0.4) is 0 Å². The number of hydrogen-bond acceptors (Lipinski definition) is 10. The Morgan fingerprint density at radius 3 is 1.37 bits per heavy atom. The molecule has 206 valence electrons. The standard InChI is InChI=1S/C26H36N2O4S4Si2/c1-29-37(5,30-2)17-15-23(25-27-19-11-7-9-13-21(19)33-25)35-36-24(16-18-38(6,31-3)32-4)26-28-20-12-8-10-14-22(20)34-26/h7-14,23-24H,15-18H2,1-6H3. The van der Waals surface area contributed by atoms with E-state index in [1.54, 1.807) is 51.1 Å². The summed E-state index contributed by atoms with van der Waals surface area (Å²) < 4.78 is 25.7. The van der Waals surface area contributed by atoms with Gasteiger partial charge in [0.05, 0.1) is 30.9 Å². The second kappa shape index (κ2) is 13.7. The van der Waals surface area contributed by atoms with Gasteiger partial charge in [0, 0.05) is 28.4 Å². The summed E-state index contributed by atoms with van der Waals surface area (Å²) in [6.07, 6.45) is 1.88. The molecule has 4 aromatic rings. The smallest absolute Gasteiger partial charge is 0.334 e. The van der Waals surface area contributed by atoms with Gasteiger partial charge in [0.25, 0.3) is 0 Å². The van der Waals surface area contributed by atoms with Crippen molar-refractivity contribution in [3.63, 3.8) is 0 Å². The van der Waals surface area contributed by atoms with Crippen LogP contribution in [0.4, 0.5) is 0 Å². The Kier molecular flexibility index (Phi) is 10.9. The highest BCUT2D eigenvalue weighted by molar-refractivity contribution is 8.76. The lowest BCUT2D eigenvalue weighted by atomic mass is 10.3. The molecule has 0 aliphatic carbocycles. The van der Waals surface area contributed by atoms with Gasteiger partial charge in [-0.2, -0.15) is 0 Å². The number of rotatable bonds is 15. The van der Waals surface area contributed by atoms with Gasteiger partial charge in [-0.05, 0) is 62.3 Å². The van der Waals surface area contributed by atoms with E-state index in [0.717, 1.165) is 46.0 Å². The minimum atomic E-state index is -2.21. The van der Waals surface area contributed by atoms with Crippen LogP contribution in [0.15, 0.2) is 48.5 Å². The number of hydrogen-bond donors (Lipinski definition) is 0. The average molecular weight is 625 g/mol. The fourth-order valence-corrected chi connectivity index (χ4v) is 13.0. The number of fused-ring (bicyclic) bond motifs is 2. The molecule has 6 nitrogen and oxygen atoms in total. The van der Waals surface area contributed by atoms with E-state index in [1.807, 2.05) is 21.6 Å². The van der Waals surface area contributed by atoms with Crippen LogP contribution in [-0.2, 0) is 17.7 Å². The first kappa shape index (κ1) is 30.2. The average Bonchev–Trinajstić information content (AvgIpc) is 3.58. The Morgan fingerprint density at radius 1 is 0.658 bits per heavy atom. The van der Waals surface area contributed by atoms with Gasteiger partial charge in [0.15, 0.2) is 0 Å². The number of aromatic nitrogens is 2. The molecular formula is C26H36N2O4S4Si2. The van der Waals surface area contributed by atoms with Crippen molar-refractivity contribution in [1.82, 2.24) is 9.97 Å². The normalized spacial score (nSPS) is 14.4. The zero-order chi connectivity index (χ0) is 27.2. The molecule has 0 aliphatic heterocycles. The molecule has 0 spiro atoms. The van der Waals surface area contributed by atoms with Crippen LogP contribution < -0.4 is 0 Å². The van der Waals surface area contributed by atoms with E-state index in [4.69, 9.17) is 27.7 Å². The summed E-state index contributed by atoms with van der Waals surface area (Å²) in [5, 5.41) is 2.76. The molecule has 0 N–H and O–H groups in total. The van der Waals surface area contributed by atoms with Crippen LogP contribution >= 0.6 is 44.3 Å². The van der Waals surface area contributed by atoms with Crippen molar-refractivity contribution in [1.29, 1.82) is 0 Å². The third-order valence-electron chi connectivity index (χ3n) is 6.91. The SMILES string of the molecule is CO[Si](C)(CCC(SSC(CC[Si](C)(OC)OC)c1nc2ccccc2s1)c1nc2ccccc2s1)OC. The van der Waals surface area contributed by atoms with E-state index in [2.05, 4.69) is 61.6 Å². The van der Waals surface area contributed by atoms with Gasteiger partial charge in [-0.3, -0.25) is 0 Å². The first-order valence-corrected chi connectivity index (χ1v) is 21.5. The first-order chi connectivity index (χ1) is 18.3. The summed E-state index contributed by atoms with van der Waals surface area (Å²) in [5.41, 5.74) is 2.12. The summed E-state index contributed by atoms with van der Waals surface area (Å²) in [4.78, 5) is 10.1. The van der Waals surface area contributed by atoms with Crippen LogP contribution in [-0.4, -0.2) is 55.5 Å². The fraction of sp³-hybridized carbons (Fsp3) is 0.462. The quantitative estimate of drug-likeness (QED) is 0.0963. The van der Waals surface area contributed by atoms with Gasteiger partial charge >= 0.3 is 17.1 Å². The zero-order valence-corrected chi connectivity index (χ0v) is 28.0. The van der Waals surface area contributed by atoms with Crippen molar-refractivity contribution in [3.05, 3.63) is 58.5 Å². The third kappa shape index (κ3) is 7.48. The van der Waals surface area contributed by atoms with Crippen molar-refractivity contribution in [2.45, 2.75) is 48.5 Å². The lowest BCUT2D eigenvalue weighted by molar-refractivity contribution is 0.248. The van der Waals surface area contributed by atoms with Crippen LogP contribution in [0.5, 0.6) is 0 Å². The van der Waals surface area contributed by atoms with Crippen LogP contribution in [0.2, 0.25) is 25.2 Å². The molecule has 0 aliphatic rings. The maximum atomic E-state index is 5.81. The summed E-state index contributed by atoms with van der Waals surface area (Å²) in [5.74, 6) is 0. The molecule has 0 radical (unpaired) electrons. The Balaban J connectivity index is 1.59. The van der Waals surface area contributed by atoms with Crippen molar-refractivity contribution < 1.29 is 17.7 Å². The Hall–Kier alpha value is -0.806. The van der Waals surface area contributed by atoms with E-state index in [9.17, 15) is 0 Å². The van der Waals surface area contributed by atoms with E-state index in [1.165, 1.54) is 9.40 Å². The van der Waals surface area contributed by atoms with E-state index < -0.39 is 17.1 Å². The Morgan fingerprint density at radius 2 is 1.03 bits per heavy atom. The first-order valence-electron chi connectivity index (χ1n) is 12.6. The molecule has 2 aromatic carbocycles. The topological polar surface area (TPSA) is 62.7 Å². The highest BCUT2D eigenvalue weighted by Crippen LogP contribution is 2.52. The second-order valence-electron chi connectivity index (χ2n) is 9.37. The summed E-state index contributed by atoms with van der Waals surface area (Å²) in [6.45, 7) is 4.26. The molecule has 0 bridgehead atoms. The summed E-state index contributed by atoms with van der Waals surface area (Å²) in [7, 11) is 6.45. The molecule has 0 fully saturated rings. The largest absolute Gasteiger partial charge is 0.398 e. The zero-order valence-electron chi connectivity index (χ0n) is 22.8. The summed E-state index contributed by atoms with van der Waals surface area (Å²) >= 11 is 3.58. The van der Waals surface area contributed by atoms with Crippen molar-refractivity contribution in [3.8, 4) is 0 Å². The molecule has 0 saturated carbocycles. The number of thiazole rings is 2. The summed E-state index contributed by atoms with van der Waals surface area (Å²) in [6, 6.07) is 18.6. The van der Waals surface area contributed by atoms with Gasteiger partial charge < -0.3 is 17.7 Å². The van der Waals surface area contributed by atoms with Gasteiger partial charge in [-0.1, -0.05) is 45.9 Å². The lowest BCUT2D eigenvalue weighted by Crippen LogP contribution is -2.36. The van der Waals surface area contributed by atoms with Crippen LogP contribution in [0.25, 0.3) is 20.4 Å². The Labute approximate surface area is 243 Å². The van der Waals surface area contributed by atoms with Crippen molar-refractivity contribution in [2.24, 2.45) is 0 Å². The molecule has 38 heavy (non-hydrogen) atoms. The third-order valence-corrected chi connectivity index (χ3v) is 18.6. The number of benzene rings is 2. The molecule has 0 saturated heterocycles. The number of para-hydroxylation sites is 2. The molecule has 2 heterocycles. The molecule has 2 unspecified atom stereocenters. The minimum Gasteiger partial charge on any atom is -0.398 e. The predicted molar refractivity (Wildman–Crippen MR) is 170 cm³/mol. The maximum absolute atomic E-state index is 5.81. The molecule has 12 heteroatoms. The molecule has 2 atom stereocenters. The van der Waals surface area contributed by atoms with Gasteiger partial charge in [0.2, 0.25) is 0 Å². The van der Waals surface area contributed by atoms with Crippen molar-refractivity contribution >= 4 is 81.8 Å². The predicted octanol–water partition coefficient (Wildman–Crippen LogP) is 8.58. The highest BCUT2D eigenvalue weighted by Gasteiger charge is 2.34. The van der Waals surface area contributed by atoms with Gasteiger partial charge in [0.1, 0.15) is 10.0 Å². The monoisotopic (exact) mass is 624 g/mol. The molecule has 4 rings (SSSR count). The van der Waals surface area contributed by atoms with E-state index in [0.29, 0.717) is 0 Å². The minimum absolute atomic E-state index is 0.222. The fourth-order valence-electron chi connectivity index (χ4n) is 3.98. The lowest BCUT2D eigenvalue weighted by Gasteiger charge is -2.26. The van der Waals surface area contributed by atoms with Crippen LogP contribution in [0, 0.1) is 0 Å². The molecule has 2 aromatic heterocycles. The number of nitrogens with zero attached hydrogens (tertiary/aromatic N) is 2. The van der Waals surface area contributed by atoms with Crippen molar-refractivity contribution in [2.75, 3.05) is 28.4 Å². The molecular weight excluding hydrogens is 589 g/mol. The van der Waals surface area contributed by atoms with Gasteiger partial charge in [-0.15, -0.1) is 22.7 Å². The highest BCUT2D eigenvalue weighted by atomic mass is 33.1. The van der Waals surface area contributed by atoms with Gasteiger partial charge in [-0.25, -0.2) is 9.97 Å². The van der Waals surface area contributed by atoms with E-state index >= 15 is 0 Å². The van der Waals surface area contributed by atoms with E-state index in [-0.39, 0.29) is 10.5 Å². The van der Waals surface area contributed by atoms with Crippen LogP contribution in [0.1, 0.15) is 33.4 Å². The molecule has 0 amide bonds. The maximum Gasteiger partial charge on any atom is 0.334 e. The Bertz CT molecular complexity index is 1150.